The van der Waals surface area contributed by atoms with Crippen molar-refractivity contribution < 1.29 is 9.47 Å². The first kappa shape index (κ1) is 13.6. The van der Waals surface area contributed by atoms with Gasteiger partial charge in [-0.15, -0.1) is 0 Å². The van der Waals surface area contributed by atoms with Crippen molar-refractivity contribution in [3.05, 3.63) is 22.7 Å². The predicted octanol–water partition coefficient (Wildman–Crippen LogP) is 4.84. The second-order valence-electron chi connectivity index (χ2n) is 5.44. The number of halogens is 2. The van der Waals surface area contributed by atoms with E-state index < -0.39 is 0 Å². The zero-order chi connectivity index (χ0) is 13.6. The van der Waals surface area contributed by atoms with Gasteiger partial charge >= 0.3 is 0 Å². The molecule has 2 fully saturated rings. The van der Waals surface area contributed by atoms with E-state index in [2.05, 4.69) is 22.0 Å². The van der Waals surface area contributed by atoms with Crippen LogP contribution in [-0.2, 0) is 0 Å². The average Bonchev–Trinajstić information content (AvgIpc) is 2.90. The van der Waals surface area contributed by atoms with Gasteiger partial charge in [-0.05, 0) is 36.7 Å². The monoisotopic (exact) mass is 344 g/mol. The van der Waals surface area contributed by atoms with Crippen LogP contribution in [0.5, 0.6) is 11.5 Å². The van der Waals surface area contributed by atoms with Crippen molar-refractivity contribution in [3.63, 3.8) is 0 Å². The molecule has 1 aromatic carbocycles. The van der Waals surface area contributed by atoms with E-state index in [0.29, 0.717) is 15.6 Å². The van der Waals surface area contributed by atoms with Crippen molar-refractivity contribution in [2.75, 3.05) is 14.2 Å². The first-order valence-electron chi connectivity index (χ1n) is 6.73. The molecule has 2 aliphatic rings. The van der Waals surface area contributed by atoms with Crippen LogP contribution >= 0.6 is 27.5 Å². The highest BCUT2D eigenvalue weighted by Gasteiger charge is 2.55. The third kappa shape index (κ3) is 2.15. The lowest BCUT2D eigenvalue weighted by Gasteiger charge is -2.18. The molecule has 104 valence electrons. The minimum Gasteiger partial charge on any atom is -0.495 e. The smallest absolute Gasteiger partial charge is 0.145 e. The summed E-state index contributed by atoms with van der Waals surface area (Å²) in [5.41, 5.74) is 1.15. The van der Waals surface area contributed by atoms with E-state index in [1.165, 1.54) is 19.3 Å². The summed E-state index contributed by atoms with van der Waals surface area (Å²) in [6.45, 7) is 0. The van der Waals surface area contributed by atoms with Gasteiger partial charge in [0, 0.05) is 10.4 Å². The molecule has 0 amide bonds. The van der Waals surface area contributed by atoms with Gasteiger partial charge in [0.25, 0.3) is 0 Å². The molecule has 1 aromatic rings. The van der Waals surface area contributed by atoms with E-state index in [1.54, 1.807) is 14.2 Å². The molecule has 2 nitrogen and oxygen atoms in total. The molecule has 0 bridgehead atoms. The van der Waals surface area contributed by atoms with Crippen LogP contribution in [0.15, 0.2) is 12.1 Å². The van der Waals surface area contributed by atoms with Crippen molar-refractivity contribution in [3.8, 4) is 11.5 Å². The van der Waals surface area contributed by atoms with E-state index in [4.69, 9.17) is 21.1 Å². The predicted molar refractivity (Wildman–Crippen MR) is 80.5 cm³/mol. The molecular formula is C15H18BrClO2. The zero-order valence-electron chi connectivity index (χ0n) is 11.2. The standard InChI is InChI=1S/C15H18BrClO2/c1-18-11-7-6-10(15(19-2)14(11)17)13(16)12-8-4-3-5-9(8)12/h6-9,12-13H,3-5H2,1-2H3. The normalized spacial score (nSPS) is 29.8. The number of rotatable bonds is 4. The minimum absolute atomic E-state index is 0.334. The number of benzene rings is 1. The van der Waals surface area contributed by atoms with Crippen LogP contribution in [0.3, 0.4) is 0 Å². The average molecular weight is 346 g/mol. The molecule has 3 atom stereocenters. The van der Waals surface area contributed by atoms with E-state index in [-0.39, 0.29) is 0 Å². The van der Waals surface area contributed by atoms with Crippen molar-refractivity contribution in [1.29, 1.82) is 0 Å². The first-order valence-corrected chi connectivity index (χ1v) is 8.02. The van der Waals surface area contributed by atoms with Gasteiger partial charge in [0.05, 0.1) is 14.2 Å². The van der Waals surface area contributed by atoms with Crippen LogP contribution in [0.25, 0.3) is 0 Å². The topological polar surface area (TPSA) is 18.5 Å². The molecule has 0 saturated heterocycles. The number of methoxy groups -OCH3 is 2. The highest BCUT2D eigenvalue weighted by molar-refractivity contribution is 9.09. The van der Waals surface area contributed by atoms with E-state index >= 15 is 0 Å². The molecule has 2 saturated carbocycles. The maximum atomic E-state index is 6.33. The minimum atomic E-state index is 0.334. The van der Waals surface area contributed by atoms with Gasteiger partial charge in [-0.3, -0.25) is 0 Å². The largest absolute Gasteiger partial charge is 0.495 e. The van der Waals surface area contributed by atoms with Gasteiger partial charge in [0.15, 0.2) is 0 Å². The Morgan fingerprint density at radius 1 is 1.21 bits per heavy atom. The van der Waals surface area contributed by atoms with Crippen LogP contribution < -0.4 is 9.47 Å². The van der Waals surface area contributed by atoms with Gasteiger partial charge in [-0.2, -0.15) is 0 Å². The Bertz CT molecular complexity index is 481. The summed E-state index contributed by atoms with van der Waals surface area (Å²) >= 11 is 10.2. The summed E-state index contributed by atoms with van der Waals surface area (Å²) in [5, 5.41) is 0.567. The number of alkyl halides is 1. The molecule has 0 radical (unpaired) electrons. The van der Waals surface area contributed by atoms with E-state index in [0.717, 1.165) is 29.1 Å². The molecule has 4 heteroatoms. The summed E-state index contributed by atoms with van der Waals surface area (Å²) in [6, 6.07) is 3.99. The number of hydrogen-bond donors (Lipinski definition) is 0. The molecule has 0 aliphatic heterocycles. The van der Waals surface area contributed by atoms with Crippen molar-refractivity contribution in [1.82, 2.24) is 0 Å². The fourth-order valence-electron chi connectivity index (χ4n) is 3.65. The van der Waals surface area contributed by atoms with E-state index in [9.17, 15) is 0 Å². The third-order valence-electron chi connectivity index (χ3n) is 4.62. The first-order chi connectivity index (χ1) is 9.19. The molecular weight excluding hydrogens is 328 g/mol. The van der Waals surface area contributed by atoms with Gasteiger partial charge in [-0.1, -0.05) is 40.0 Å². The summed E-state index contributed by atoms with van der Waals surface area (Å²) in [4.78, 5) is 0.334. The summed E-state index contributed by atoms with van der Waals surface area (Å²) in [6.07, 6.45) is 4.15. The van der Waals surface area contributed by atoms with Gasteiger partial charge in [-0.25, -0.2) is 0 Å². The maximum absolute atomic E-state index is 6.33. The Morgan fingerprint density at radius 2 is 1.89 bits per heavy atom. The van der Waals surface area contributed by atoms with Crippen molar-refractivity contribution in [2.45, 2.75) is 24.1 Å². The van der Waals surface area contributed by atoms with Gasteiger partial charge < -0.3 is 9.47 Å². The Labute approximate surface area is 127 Å². The van der Waals surface area contributed by atoms with Crippen molar-refractivity contribution >= 4 is 27.5 Å². The quantitative estimate of drug-likeness (QED) is 0.727. The lowest BCUT2D eigenvalue weighted by atomic mass is 10.0. The summed E-state index contributed by atoms with van der Waals surface area (Å²) in [7, 11) is 3.29. The highest BCUT2D eigenvalue weighted by atomic mass is 79.9. The van der Waals surface area contributed by atoms with Crippen LogP contribution in [0.1, 0.15) is 29.7 Å². The fraction of sp³-hybridized carbons (Fsp3) is 0.600. The second kappa shape index (κ2) is 5.17. The zero-order valence-corrected chi connectivity index (χ0v) is 13.5. The molecule has 0 spiro atoms. The van der Waals surface area contributed by atoms with Crippen LogP contribution in [0, 0.1) is 17.8 Å². The van der Waals surface area contributed by atoms with Crippen LogP contribution in [-0.4, -0.2) is 14.2 Å². The second-order valence-corrected chi connectivity index (χ2v) is 6.81. The fourth-order valence-corrected chi connectivity index (χ4v) is 5.12. The highest BCUT2D eigenvalue weighted by Crippen LogP contribution is 2.65. The molecule has 0 N–H and O–H groups in total. The number of hydrogen-bond acceptors (Lipinski definition) is 2. The Balaban J connectivity index is 1.90. The van der Waals surface area contributed by atoms with Gasteiger partial charge in [0.2, 0.25) is 0 Å². The lowest BCUT2D eigenvalue weighted by Crippen LogP contribution is -2.02. The maximum Gasteiger partial charge on any atom is 0.145 e. The van der Waals surface area contributed by atoms with Crippen LogP contribution in [0.4, 0.5) is 0 Å². The van der Waals surface area contributed by atoms with Crippen LogP contribution in [0.2, 0.25) is 5.02 Å². The summed E-state index contributed by atoms with van der Waals surface area (Å²) < 4.78 is 10.7. The molecule has 0 heterocycles. The van der Waals surface area contributed by atoms with Gasteiger partial charge in [0.1, 0.15) is 16.5 Å². The molecule has 19 heavy (non-hydrogen) atoms. The lowest BCUT2D eigenvalue weighted by molar-refractivity contribution is 0.389. The Hall–Kier alpha value is -0.410. The molecule has 0 aromatic heterocycles. The molecule has 2 aliphatic carbocycles. The number of fused-ring (bicyclic) bond motifs is 1. The Morgan fingerprint density at radius 3 is 2.47 bits per heavy atom. The van der Waals surface area contributed by atoms with Crippen molar-refractivity contribution in [2.24, 2.45) is 17.8 Å². The third-order valence-corrected chi connectivity index (χ3v) is 6.09. The Kier molecular flexibility index (Phi) is 3.69. The SMILES string of the molecule is COc1ccc(C(Br)C2C3CCCC32)c(OC)c1Cl. The molecule has 3 rings (SSSR count). The summed E-state index contributed by atoms with van der Waals surface area (Å²) in [5.74, 6) is 3.95. The molecule has 3 unspecified atom stereocenters. The number of ether oxygens (including phenoxy) is 2. The van der Waals surface area contributed by atoms with E-state index in [1.807, 2.05) is 6.07 Å².